The van der Waals surface area contributed by atoms with Crippen molar-refractivity contribution < 1.29 is 14.4 Å². The SMILES string of the molecule is CCCC(C)(O)c1nc(-c2ccnc(OC)c2)no1. The lowest BCUT2D eigenvalue weighted by Crippen LogP contribution is -2.21. The van der Waals surface area contributed by atoms with Gasteiger partial charge in [0.25, 0.3) is 5.89 Å². The normalized spacial score (nSPS) is 14.1. The highest BCUT2D eigenvalue weighted by molar-refractivity contribution is 5.55. The van der Waals surface area contributed by atoms with Gasteiger partial charge in [0.05, 0.1) is 7.11 Å². The predicted molar refractivity (Wildman–Crippen MR) is 68.6 cm³/mol. The number of rotatable bonds is 5. The largest absolute Gasteiger partial charge is 0.481 e. The van der Waals surface area contributed by atoms with E-state index in [1.165, 1.54) is 0 Å². The van der Waals surface area contributed by atoms with E-state index in [9.17, 15) is 5.11 Å². The van der Waals surface area contributed by atoms with E-state index in [0.717, 1.165) is 12.0 Å². The molecule has 2 heterocycles. The van der Waals surface area contributed by atoms with Gasteiger partial charge in [0.15, 0.2) is 0 Å². The second-order valence-electron chi connectivity index (χ2n) is 4.53. The maximum Gasteiger partial charge on any atom is 0.258 e. The molecule has 0 aliphatic heterocycles. The smallest absolute Gasteiger partial charge is 0.258 e. The summed E-state index contributed by atoms with van der Waals surface area (Å²) in [6.45, 7) is 3.65. The Bertz CT molecular complexity index is 552. The molecule has 1 N–H and O–H groups in total. The second-order valence-corrected chi connectivity index (χ2v) is 4.53. The predicted octanol–water partition coefficient (Wildman–Crippen LogP) is 2.15. The summed E-state index contributed by atoms with van der Waals surface area (Å²) in [4.78, 5) is 8.25. The molecule has 0 amide bonds. The summed E-state index contributed by atoms with van der Waals surface area (Å²) >= 11 is 0. The van der Waals surface area contributed by atoms with Gasteiger partial charge in [-0.15, -0.1) is 0 Å². The fourth-order valence-electron chi connectivity index (χ4n) is 1.81. The van der Waals surface area contributed by atoms with E-state index in [2.05, 4.69) is 15.1 Å². The summed E-state index contributed by atoms with van der Waals surface area (Å²) < 4.78 is 10.2. The number of pyridine rings is 1. The van der Waals surface area contributed by atoms with Crippen LogP contribution in [-0.4, -0.2) is 27.3 Å². The fraction of sp³-hybridized carbons (Fsp3) is 0.462. The first-order valence-corrected chi connectivity index (χ1v) is 6.14. The van der Waals surface area contributed by atoms with Crippen LogP contribution in [0.2, 0.25) is 0 Å². The zero-order valence-corrected chi connectivity index (χ0v) is 11.3. The Morgan fingerprint density at radius 1 is 1.47 bits per heavy atom. The maximum absolute atomic E-state index is 10.2. The van der Waals surface area contributed by atoms with E-state index in [4.69, 9.17) is 9.26 Å². The highest BCUT2D eigenvalue weighted by atomic mass is 16.5. The monoisotopic (exact) mass is 263 g/mol. The standard InChI is InChI=1S/C13H17N3O3/c1-4-6-13(2,17)12-15-11(16-19-12)9-5-7-14-10(8-9)18-3/h5,7-8,17H,4,6H2,1-3H3. The first kappa shape index (κ1) is 13.5. The molecule has 0 aromatic carbocycles. The van der Waals surface area contributed by atoms with Crippen LogP contribution in [0.4, 0.5) is 0 Å². The molecule has 19 heavy (non-hydrogen) atoms. The van der Waals surface area contributed by atoms with Gasteiger partial charge in [0.2, 0.25) is 11.7 Å². The van der Waals surface area contributed by atoms with Gasteiger partial charge >= 0.3 is 0 Å². The van der Waals surface area contributed by atoms with Crippen LogP contribution in [0.5, 0.6) is 5.88 Å². The number of hydrogen-bond acceptors (Lipinski definition) is 6. The number of methoxy groups -OCH3 is 1. The average Bonchev–Trinajstić information content (AvgIpc) is 2.89. The highest BCUT2D eigenvalue weighted by Crippen LogP contribution is 2.27. The lowest BCUT2D eigenvalue weighted by Gasteiger charge is -2.16. The van der Waals surface area contributed by atoms with E-state index >= 15 is 0 Å². The van der Waals surface area contributed by atoms with Crippen LogP contribution in [0.25, 0.3) is 11.4 Å². The minimum atomic E-state index is -1.10. The molecule has 6 heteroatoms. The molecule has 1 unspecified atom stereocenters. The Kier molecular flexibility index (Phi) is 3.80. The third kappa shape index (κ3) is 2.90. The molecule has 0 saturated heterocycles. The minimum absolute atomic E-state index is 0.222. The molecule has 2 aromatic rings. The Morgan fingerprint density at radius 3 is 2.95 bits per heavy atom. The molecule has 0 fully saturated rings. The zero-order valence-electron chi connectivity index (χ0n) is 11.3. The Balaban J connectivity index is 2.30. The number of ether oxygens (including phenoxy) is 1. The van der Waals surface area contributed by atoms with Gasteiger partial charge < -0.3 is 14.4 Å². The topological polar surface area (TPSA) is 81.3 Å². The first-order chi connectivity index (χ1) is 9.06. The maximum atomic E-state index is 10.2. The summed E-state index contributed by atoms with van der Waals surface area (Å²) in [6, 6.07) is 3.47. The molecule has 0 spiro atoms. The third-order valence-electron chi connectivity index (χ3n) is 2.83. The number of aliphatic hydroxyl groups is 1. The molecule has 0 aliphatic carbocycles. The van der Waals surface area contributed by atoms with Crippen LogP contribution in [0.3, 0.4) is 0 Å². The van der Waals surface area contributed by atoms with Crippen molar-refractivity contribution in [3.8, 4) is 17.3 Å². The van der Waals surface area contributed by atoms with Gasteiger partial charge in [-0.2, -0.15) is 4.98 Å². The summed E-state index contributed by atoms with van der Waals surface area (Å²) in [6.07, 6.45) is 3.00. The van der Waals surface area contributed by atoms with E-state index in [0.29, 0.717) is 18.1 Å². The molecule has 6 nitrogen and oxygen atoms in total. The Labute approximate surface area is 111 Å². The molecule has 0 radical (unpaired) electrons. The van der Waals surface area contributed by atoms with Crippen LogP contribution in [0, 0.1) is 0 Å². The molecule has 0 saturated carbocycles. The minimum Gasteiger partial charge on any atom is -0.481 e. The quantitative estimate of drug-likeness (QED) is 0.890. The molecular formula is C13H17N3O3. The Hall–Kier alpha value is -1.95. The molecule has 102 valence electrons. The van der Waals surface area contributed by atoms with Crippen molar-refractivity contribution in [2.24, 2.45) is 0 Å². The van der Waals surface area contributed by atoms with Crippen molar-refractivity contribution >= 4 is 0 Å². The first-order valence-electron chi connectivity index (χ1n) is 6.14. The van der Waals surface area contributed by atoms with Crippen molar-refractivity contribution in [1.29, 1.82) is 0 Å². The van der Waals surface area contributed by atoms with Gasteiger partial charge in [-0.3, -0.25) is 0 Å². The van der Waals surface area contributed by atoms with Crippen LogP contribution in [0.15, 0.2) is 22.9 Å². The van der Waals surface area contributed by atoms with Gasteiger partial charge in [-0.25, -0.2) is 4.98 Å². The lowest BCUT2D eigenvalue weighted by molar-refractivity contribution is 0.0138. The van der Waals surface area contributed by atoms with Crippen molar-refractivity contribution in [2.45, 2.75) is 32.3 Å². The summed E-state index contributed by atoms with van der Waals surface area (Å²) in [5.74, 6) is 1.11. The second kappa shape index (κ2) is 5.36. The van der Waals surface area contributed by atoms with Crippen molar-refractivity contribution in [1.82, 2.24) is 15.1 Å². The van der Waals surface area contributed by atoms with E-state index < -0.39 is 5.60 Å². The molecule has 0 bridgehead atoms. The number of nitrogens with zero attached hydrogens (tertiary/aromatic N) is 3. The van der Waals surface area contributed by atoms with Gasteiger partial charge in [0, 0.05) is 17.8 Å². The van der Waals surface area contributed by atoms with Crippen molar-refractivity contribution in [3.63, 3.8) is 0 Å². The van der Waals surface area contributed by atoms with Crippen LogP contribution in [0.1, 0.15) is 32.6 Å². The van der Waals surface area contributed by atoms with Gasteiger partial charge in [0.1, 0.15) is 5.60 Å². The summed E-state index contributed by atoms with van der Waals surface area (Å²) in [5.41, 5.74) is -0.369. The lowest BCUT2D eigenvalue weighted by atomic mass is 10.0. The number of aromatic nitrogens is 3. The summed E-state index contributed by atoms with van der Waals surface area (Å²) in [5, 5.41) is 14.1. The van der Waals surface area contributed by atoms with Crippen LogP contribution in [-0.2, 0) is 5.60 Å². The average molecular weight is 263 g/mol. The van der Waals surface area contributed by atoms with E-state index in [1.54, 1.807) is 32.4 Å². The number of hydrogen-bond donors (Lipinski definition) is 1. The van der Waals surface area contributed by atoms with Crippen LogP contribution >= 0.6 is 0 Å². The highest BCUT2D eigenvalue weighted by Gasteiger charge is 2.29. The van der Waals surface area contributed by atoms with Gasteiger partial charge in [-0.1, -0.05) is 18.5 Å². The van der Waals surface area contributed by atoms with Gasteiger partial charge in [-0.05, 0) is 19.4 Å². The van der Waals surface area contributed by atoms with Crippen LogP contribution < -0.4 is 4.74 Å². The molecule has 0 aliphatic rings. The van der Waals surface area contributed by atoms with Crippen molar-refractivity contribution in [2.75, 3.05) is 7.11 Å². The fourth-order valence-corrected chi connectivity index (χ4v) is 1.81. The molecular weight excluding hydrogens is 246 g/mol. The molecule has 1 atom stereocenters. The molecule has 2 aromatic heterocycles. The zero-order chi connectivity index (χ0) is 13.9. The summed E-state index contributed by atoms with van der Waals surface area (Å²) in [7, 11) is 1.54. The Morgan fingerprint density at radius 2 is 2.26 bits per heavy atom. The van der Waals surface area contributed by atoms with Crippen molar-refractivity contribution in [3.05, 3.63) is 24.2 Å². The van der Waals surface area contributed by atoms with E-state index in [1.807, 2.05) is 6.92 Å². The molecule has 2 rings (SSSR count). The van der Waals surface area contributed by atoms with E-state index in [-0.39, 0.29) is 5.89 Å². The third-order valence-corrected chi connectivity index (χ3v) is 2.83.